The maximum Gasteiger partial charge on any atom is 0.127 e. The lowest BCUT2D eigenvalue weighted by Gasteiger charge is -2.44. The average Bonchev–Trinajstić information content (AvgIpc) is 2.72. The molecular formula is C21H18ClN5S. The summed E-state index contributed by atoms with van der Waals surface area (Å²) in [6.45, 7) is 0.495. The van der Waals surface area contributed by atoms with Crippen LogP contribution in [-0.2, 0) is 6.54 Å². The van der Waals surface area contributed by atoms with Gasteiger partial charge in [-0.1, -0.05) is 23.7 Å². The molecule has 0 aromatic heterocycles. The van der Waals surface area contributed by atoms with Gasteiger partial charge in [-0.25, -0.2) is 0 Å². The van der Waals surface area contributed by atoms with Gasteiger partial charge in [-0.15, -0.1) is 0 Å². The lowest BCUT2D eigenvalue weighted by molar-refractivity contribution is 0.559. The number of amidine groups is 1. The number of hydrogen-bond acceptors (Lipinski definition) is 5. The van der Waals surface area contributed by atoms with E-state index >= 15 is 0 Å². The molecule has 140 valence electrons. The van der Waals surface area contributed by atoms with Crippen molar-refractivity contribution in [3.63, 3.8) is 0 Å². The number of aliphatic imine (C=N–C) groups is 1. The fourth-order valence-corrected chi connectivity index (χ4v) is 5.07. The standard InChI is InChI=1S/C21H18ClN5S/c22-17-3-1-2-14(10-17)13-25-20-21(6-8-28-9-7-21)27-19-16(12-24)5-4-15(11-23)18(19)26-20/h1-5,10,27H,6-9,13H2,(H,25,26). The number of fused-ring (bicyclic) bond motifs is 1. The highest BCUT2D eigenvalue weighted by atomic mass is 35.5. The number of benzene rings is 2. The molecule has 4 rings (SSSR count). The van der Waals surface area contributed by atoms with Gasteiger partial charge in [0.05, 0.1) is 34.6 Å². The van der Waals surface area contributed by atoms with E-state index in [1.807, 2.05) is 36.0 Å². The summed E-state index contributed by atoms with van der Waals surface area (Å²) in [4.78, 5) is 4.88. The van der Waals surface area contributed by atoms with Gasteiger partial charge in [0.15, 0.2) is 0 Å². The minimum Gasteiger partial charge on any atom is -0.370 e. The molecule has 2 N–H and O–H groups in total. The molecule has 0 aliphatic carbocycles. The lowest BCUT2D eigenvalue weighted by atomic mass is 9.86. The number of thioether (sulfide) groups is 1. The Balaban J connectivity index is 1.78. The van der Waals surface area contributed by atoms with E-state index in [1.165, 1.54) is 0 Å². The molecule has 0 saturated carbocycles. The number of anilines is 2. The van der Waals surface area contributed by atoms with Crippen LogP contribution in [0, 0.1) is 22.7 Å². The van der Waals surface area contributed by atoms with Crippen LogP contribution in [0.4, 0.5) is 11.4 Å². The van der Waals surface area contributed by atoms with Gasteiger partial charge in [-0.05, 0) is 54.2 Å². The molecule has 2 heterocycles. The first-order valence-corrected chi connectivity index (χ1v) is 10.6. The van der Waals surface area contributed by atoms with E-state index in [0.717, 1.165) is 35.7 Å². The molecule has 0 amide bonds. The molecule has 1 spiro atoms. The fourth-order valence-electron chi connectivity index (χ4n) is 3.66. The summed E-state index contributed by atoms with van der Waals surface area (Å²) in [5.41, 5.74) is 3.05. The van der Waals surface area contributed by atoms with Crippen molar-refractivity contribution < 1.29 is 0 Å². The van der Waals surface area contributed by atoms with E-state index in [9.17, 15) is 10.5 Å². The smallest absolute Gasteiger partial charge is 0.127 e. The summed E-state index contributed by atoms with van der Waals surface area (Å²) >= 11 is 8.02. The van der Waals surface area contributed by atoms with Gasteiger partial charge in [0.1, 0.15) is 18.0 Å². The Labute approximate surface area is 173 Å². The van der Waals surface area contributed by atoms with E-state index in [2.05, 4.69) is 22.8 Å². The van der Waals surface area contributed by atoms with Crippen LogP contribution in [0.2, 0.25) is 5.02 Å². The molecule has 2 aliphatic rings. The quantitative estimate of drug-likeness (QED) is 0.747. The van der Waals surface area contributed by atoms with E-state index in [-0.39, 0.29) is 5.54 Å². The second-order valence-electron chi connectivity index (χ2n) is 6.87. The van der Waals surface area contributed by atoms with Crippen LogP contribution < -0.4 is 10.6 Å². The number of rotatable bonds is 2. The Kier molecular flexibility index (Phi) is 5.17. The summed E-state index contributed by atoms with van der Waals surface area (Å²) in [5.74, 6) is 2.85. The third kappa shape index (κ3) is 3.42. The van der Waals surface area contributed by atoms with Crippen molar-refractivity contribution in [2.24, 2.45) is 4.99 Å². The maximum atomic E-state index is 9.54. The first-order chi connectivity index (χ1) is 13.6. The summed E-state index contributed by atoms with van der Waals surface area (Å²) in [6, 6.07) is 15.5. The predicted molar refractivity (Wildman–Crippen MR) is 115 cm³/mol. The molecule has 0 radical (unpaired) electrons. The second kappa shape index (κ2) is 7.75. The molecule has 1 saturated heterocycles. The van der Waals surface area contributed by atoms with Gasteiger partial charge in [0.25, 0.3) is 0 Å². The van der Waals surface area contributed by atoms with E-state index in [0.29, 0.717) is 34.1 Å². The average molecular weight is 408 g/mol. The normalized spacial score (nSPS) is 18.5. The van der Waals surface area contributed by atoms with Crippen LogP contribution in [0.5, 0.6) is 0 Å². The highest BCUT2D eigenvalue weighted by Gasteiger charge is 2.42. The summed E-state index contributed by atoms with van der Waals surface area (Å²) in [7, 11) is 0. The van der Waals surface area contributed by atoms with Gasteiger partial charge in [-0.3, -0.25) is 4.99 Å². The maximum absolute atomic E-state index is 9.54. The fraction of sp³-hybridized carbons (Fsp3) is 0.286. The molecule has 0 bridgehead atoms. The Morgan fingerprint density at radius 1 is 1.07 bits per heavy atom. The largest absolute Gasteiger partial charge is 0.370 e. The molecule has 2 aromatic carbocycles. The number of halogens is 1. The molecule has 2 aromatic rings. The lowest BCUT2D eigenvalue weighted by Crippen LogP contribution is -2.55. The van der Waals surface area contributed by atoms with Crippen LogP contribution in [-0.4, -0.2) is 22.9 Å². The van der Waals surface area contributed by atoms with Crippen molar-refractivity contribution >= 4 is 40.6 Å². The van der Waals surface area contributed by atoms with Gasteiger partial charge in [0.2, 0.25) is 0 Å². The Hall–Kier alpha value is -2.67. The zero-order valence-corrected chi connectivity index (χ0v) is 16.7. The predicted octanol–water partition coefficient (Wildman–Crippen LogP) is 4.79. The Morgan fingerprint density at radius 3 is 2.46 bits per heavy atom. The first kappa shape index (κ1) is 18.7. The van der Waals surface area contributed by atoms with Crippen molar-refractivity contribution in [2.45, 2.75) is 24.9 Å². The topological polar surface area (TPSA) is 84.0 Å². The van der Waals surface area contributed by atoms with Crippen molar-refractivity contribution in [3.05, 3.63) is 58.1 Å². The van der Waals surface area contributed by atoms with E-state index in [1.54, 1.807) is 12.1 Å². The molecular weight excluding hydrogens is 390 g/mol. The number of nitriles is 2. The van der Waals surface area contributed by atoms with Gasteiger partial charge >= 0.3 is 0 Å². The van der Waals surface area contributed by atoms with Gasteiger partial charge < -0.3 is 10.6 Å². The van der Waals surface area contributed by atoms with Crippen molar-refractivity contribution in [1.29, 1.82) is 10.5 Å². The summed E-state index contributed by atoms with van der Waals surface area (Å²) in [6.07, 6.45) is 1.81. The van der Waals surface area contributed by atoms with Crippen LogP contribution >= 0.6 is 23.4 Å². The molecule has 0 unspecified atom stereocenters. The molecule has 2 aliphatic heterocycles. The molecule has 28 heavy (non-hydrogen) atoms. The SMILES string of the molecule is N#Cc1ccc(C#N)c2c1NC(=NCc1cccc(Cl)c1)C1(CCSCC1)N2. The Bertz CT molecular complexity index is 1030. The molecule has 0 atom stereocenters. The van der Waals surface area contributed by atoms with E-state index in [4.69, 9.17) is 16.6 Å². The van der Waals surface area contributed by atoms with Crippen LogP contribution in [0.1, 0.15) is 29.5 Å². The number of nitrogens with one attached hydrogen (secondary N) is 2. The number of hydrogen-bond donors (Lipinski definition) is 2. The summed E-state index contributed by atoms with van der Waals surface area (Å²) < 4.78 is 0. The third-order valence-corrected chi connectivity index (χ3v) is 6.38. The van der Waals surface area contributed by atoms with Crippen LogP contribution in [0.15, 0.2) is 41.4 Å². The van der Waals surface area contributed by atoms with Crippen molar-refractivity contribution in [3.8, 4) is 12.1 Å². The van der Waals surface area contributed by atoms with Crippen molar-refractivity contribution in [1.82, 2.24) is 0 Å². The Morgan fingerprint density at radius 2 is 1.79 bits per heavy atom. The molecule has 7 heteroatoms. The number of nitrogens with zero attached hydrogens (tertiary/aromatic N) is 3. The molecule has 5 nitrogen and oxygen atoms in total. The van der Waals surface area contributed by atoms with Crippen LogP contribution in [0.3, 0.4) is 0 Å². The minimum absolute atomic E-state index is 0.351. The first-order valence-electron chi connectivity index (χ1n) is 9.05. The van der Waals surface area contributed by atoms with Gasteiger partial charge in [0, 0.05) is 5.02 Å². The monoisotopic (exact) mass is 407 g/mol. The van der Waals surface area contributed by atoms with E-state index < -0.39 is 0 Å². The van der Waals surface area contributed by atoms with Crippen LogP contribution in [0.25, 0.3) is 0 Å². The zero-order valence-electron chi connectivity index (χ0n) is 15.1. The third-order valence-electron chi connectivity index (χ3n) is 5.16. The summed E-state index contributed by atoms with van der Waals surface area (Å²) in [5, 5.41) is 26.8. The zero-order chi connectivity index (χ0) is 19.6. The minimum atomic E-state index is -0.351. The highest BCUT2D eigenvalue weighted by Crippen LogP contribution is 2.42. The molecule has 1 fully saturated rings. The highest BCUT2D eigenvalue weighted by molar-refractivity contribution is 7.99. The second-order valence-corrected chi connectivity index (χ2v) is 8.53. The van der Waals surface area contributed by atoms with Gasteiger partial charge in [-0.2, -0.15) is 22.3 Å². The van der Waals surface area contributed by atoms with Crippen molar-refractivity contribution in [2.75, 3.05) is 22.1 Å².